The lowest BCUT2D eigenvalue weighted by molar-refractivity contribution is 0.667. The second-order valence-corrected chi connectivity index (χ2v) is 4.78. The van der Waals surface area contributed by atoms with Crippen LogP contribution in [0.2, 0.25) is 0 Å². The topological polar surface area (TPSA) is 3.24 Å². The predicted molar refractivity (Wildman–Crippen MR) is 72.5 cm³/mol. The second-order valence-electron chi connectivity index (χ2n) is 4.78. The highest BCUT2D eigenvalue weighted by atomic mass is 15.1. The van der Waals surface area contributed by atoms with E-state index in [2.05, 4.69) is 66.5 Å². The van der Waals surface area contributed by atoms with Crippen LogP contribution in [0.5, 0.6) is 0 Å². The Balaban J connectivity index is 1.81. The molecule has 0 N–H and O–H groups in total. The van der Waals surface area contributed by atoms with E-state index in [0.717, 1.165) is 0 Å². The lowest BCUT2D eigenvalue weighted by atomic mass is 10.1. The van der Waals surface area contributed by atoms with E-state index < -0.39 is 0 Å². The van der Waals surface area contributed by atoms with Crippen LogP contribution in [0, 0.1) is 0 Å². The summed E-state index contributed by atoms with van der Waals surface area (Å²) in [7, 11) is 2.20. The lowest BCUT2D eigenvalue weighted by Gasteiger charge is -2.26. The molecule has 0 amide bonds. The van der Waals surface area contributed by atoms with Crippen molar-refractivity contribution >= 4 is 5.69 Å². The third-order valence-electron chi connectivity index (χ3n) is 3.74. The third kappa shape index (κ3) is 1.93. The predicted octanol–water partition coefficient (Wildman–Crippen LogP) is 3.29. The summed E-state index contributed by atoms with van der Waals surface area (Å²) in [6, 6.07) is 20.1. The molecule has 0 unspecified atom stereocenters. The van der Waals surface area contributed by atoms with Crippen LogP contribution < -0.4 is 4.90 Å². The van der Waals surface area contributed by atoms with Crippen LogP contribution in [0.15, 0.2) is 54.6 Å². The van der Waals surface area contributed by atoms with Gasteiger partial charge < -0.3 is 4.90 Å². The monoisotopic (exact) mass is 223 g/mol. The summed E-state index contributed by atoms with van der Waals surface area (Å²) in [6.07, 6.45) is 2.34. The summed E-state index contributed by atoms with van der Waals surface area (Å²) in [4.78, 5) is 2.40. The maximum Gasteiger partial charge on any atom is 0.0367 e. The number of hydrogen-bond donors (Lipinski definition) is 0. The van der Waals surface area contributed by atoms with Crippen molar-refractivity contribution < 1.29 is 0 Å². The molecule has 0 bridgehead atoms. The molecule has 1 aliphatic rings. The van der Waals surface area contributed by atoms with E-state index in [9.17, 15) is 0 Å². The molecule has 0 fully saturated rings. The fourth-order valence-electron chi connectivity index (χ4n) is 2.68. The molecule has 0 atom stereocenters. The van der Waals surface area contributed by atoms with Crippen molar-refractivity contribution in [3.05, 3.63) is 65.7 Å². The molecule has 0 saturated carbocycles. The van der Waals surface area contributed by atoms with Gasteiger partial charge in [-0.1, -0.05) is 42.5 Å². The Hall–Kier alpha value is -1.76. The number of benzene rings is 2. The number of anilines is 1. The smallest absolute Gasteiger partial charge is 0.0367 e. The lowest BCUT2D eigenvalue weighted by Crippen LogP contribution is -2.31. The van der Waals surface area contributed by atoms with E-state index in [-0.39, 0.29) is 0 Å². The van der Waals surface area contributed by atoms with E-state index >= 15 is 0 Å². The third-order valence-corrected chi connectivity index (χ3v) is 3.74. The van der Waals surface area contributed by atoms with Crippen molar-refractivity contribution in [3.8, 4) is 0 Å². The summed E-state index contributed by atoms with van der Waals surface area (Å²) in [5, 5.41) is 0. The van der Waals surface area contributed by atoms with Crippen LogP contribution in [0.3, 0.4) is 0 Å². The molecule has 17 heavy (non-hydrogen) atoms. The quantitative estimate of drug-likeness (QED) is 0.755. The van der Waals surface area contributed by atoms with Crippen molar-refractivity contribution in [3.63, 3.8) is 0 Å². The van der Waals surface area contributed by atoms with Gasteiger partial charge in [-0.2, -0.15) is 0 Å². The van der Waals surface area contributed by atoms with Gasteiger partial charge in [0.1, 0.15) is 0 Å². The van der Waals surface area contributed by atoms with Crippen molar-refractivity contribution in [2.24, 2.45) is 0 Å². The summed E-state index contributed by atoms with van der Waals surface area (Å²) in [5.74, 6) is 0. The summed E-state index contributed by atoms with van der Waals surface area (Å²) in [6.45, 7) is 0. The molecule has 1 nitrogen and oxygen atoms in total. The molecule has 0 spiro atoms. The standard InChI is InChI=1S/C16H17N/c1-17(15-9-3-2-4-10-15)16-11-13-7-5-6-8-14(13)12-16/h2-10,16H,11-12H2,1H3. The van der Waals surface area contributed by atoms with Crippen LogP contribution in [0.4, 0.5) is 5.69 Å². The zero-order valence-corrected chi connectivity index (χ0v) is 10.1. The van der Waals surface area contributed by atoms with Gasteiger partial charge in [-0.05, 0) is 36.1 Å². The van der Waals surface area contributed by atoms with Crippen molar-refractivity contribution in [2.75, 3.05) is 11.9 Å². The Morgan fingerprint density at radius 3 is 1.94 bits per heavy atom. The zero-order chi connectivity index (χ0) is 11.7. The number of para-hydroxylation sites is 1. The van der Waals surface area contributed by atoms with Gasteiger partial charge in [0.05, 0.1) is 0 Å². The highest BCUT2D eigenvalue weighted by Gasteiger charge is 2.24. The van der Waals surface area contributed by atoms with Crippen LogP contribution in [0.1, 0.15) is 11.1 Å². The molecule has 1 aliphatic carbocycles. The van der Waals surface area contributed by atoms with Crippen LogP contribution in [0.25, 0.3) is 0 Å². The van der Waals surface area contributed by atoms with Gasteiger partial charge in [0.15, 0.2) is 0 Å². The highest BCUT2D eigenvalue weighted by Crippen LogP contribution is 2.27. The minimum Gasteiger partial charge on any atom is -0.371 e. The van der Waals surface area contributed by atoms with E-state index in [1.54, 1.807) is 0 Å². The molecule has 2 aromatic rings. The van der Waals surface area contributed by atoms with Crippen molar-refractivity contribution in [2.45, 2.75) is 18.9 Å². The van der Waals surface area contributed by atoms with E-state index in [4.69, 9.17) is 0 Å². The number of fused-ring (bicyclic) bond motifs is 1. The number of nitrogens with zero attached hydrogens (tertiary/aromatic N) is 1. The molecule has 86 valence electrons. The number of rotatable bonds is 2. The summed E-state index contributed by atoms with van der Waals surface area (Å²) < 4.78 is 0. The molecule has 0 saturated heterocycles. The molecule has 0 aliphatic heterocycles. The van der Waals surface area contributed by atoms with Crippen molar-refractivity contribution in [1.29, 1.82) is 0 Å². The van der Waals surface area contributed by atoms with Gasteiger partial charge in [0.2, 0.25) is 0 Å². The van der Waals surface area contributed by atoms with Gasteiger partial charge in [-0.25, -0.2) is 0 Å². The zero-order valence-electron chi connectivity index (χ0n) is 10.1. The maximum absolute atomic E-state index is 2.40. The van der Waals surface area contributed by atoms with Gasteiger partial charge in [0, 0.05) is 18.8 Å². The molecule has 3 rings (SSSR count). The molecule has 2 aromatic carbocycles. The average molecular weight is 223 g/mol. The molecule has 0 radical (unpaired) electrons. The fourth-order valence-corrected chi connectivity index (χ4v) is 2.68. The first-order valence-electron chi connectivity index (χ1n) is 6.19. The average Bonchev–Trinajstić information content (AvgIpc) is 2.82. The van der Waals surface area contributed by atoms with Crippen molar-refractivity contribution in [1.82, 2.24) is 0 Å². The number of hydrogen-bond acceptors (Lipinski definition) is 1. The number of likely N-dealkylation sites (N-methyl/N-ethyl adjacent to an activating group) is 1. The maximum atomic E-state index is 2.40. The Bertz CT molecular complexity index is 479. The van der Waals surface area contributed by atoms with Crippen LogP contribution >= 0.6 is 0 Å². The normalized spacial score (nSPS) is 14.6. The second kappa shape index (κ2) is 4.25. The van der Waals surface area contributed by atoms with Crippen LogP contribution in [-0.4, -0.2) is 13.1 Å². The summed E-state index contributed by atoms with van der Waals surface area (Å²) >= 11 is 0. The Morgan fingerprint density at radius 2 is 1.35 bits per heavy atom. The highest BCUT2D eigenvalue weighted by molar-refractivity contribution is 5.48. The first-order valence-corrected chi connectivity index (χ1v) is 6.19. The summed E-state index contributed by atoms with van der Waals surface area (Å²) in [5.41, 5.74) is 4.34. The van der Waals surface area contributed by atoms with Crippen LogP contribution in [-0.2, 0) is 12.8 Å². The van der Waals surface area contributed by atoms with Gasteiger partial charge in [-0.15, -0.1) is 0 Å². The molecular weight excluding hydrogens is 206 g/mol. The van der Waals surface area contributed by atoms with Gasteiger partial charge in [0.25, 0.3) is 0 Å². The molecule has 0 heterocycles. The Labute approximate surface area is 103 Å². The Kier molecular flexibility index (Phi) is 2.60. The Morgan fingerprint density at radius 1 is 0.824 bits per heavy atom. The SMILES string of the molecule is CN(c1ccccc1)C1Cc2ccccc2C1. The van der Waals surface area contributed by atoms with Gasteiger partial charge in [-0.3, -0.25) is 0 Å². The molecule has 1 heteroatoms. The largest absolute Gasteiger partial charge is 0.371 e. The van der Waals surface area contributed by atoms with Gasteiger partial charge >= 0.3 is 0 Å². The minimum atomic E-state index is 0.606. The molecular formula is C16H17N. The fraction of sp³-hybridized carbons (Fsp3) is 0.250. The first kappa shape index (κ1) is 10.4. The minimum absolute atomic E-state index is 0.606. The molecule has 0 aromatic heterocycles. The van der Waals surface area contributed by atoms with E-state index in [1.807, 2.05) is 0 Å². The van der Waals surface area contributed by atoms with E-state index in [0.29, 0.717) is 6.04 Å². The first-order chi connectivity index (χ1) is 8.34. The van der Waals surface area contributed by atoms with E-state index in [1.165, 1.54) is 29.7 Å².